The highest BCUT2D eigenvalue weighted by Gasteiger charge is 2.22. The van der Waals surface area contributed by atoms with Gasteiger partial charge in [0.1, 0.15) is 5.82 Å². The van der Waals surface area contributed by atoms with Crippen molar-refractivity contribution in [1.82, 2.24) is 29.9 Å². The first kappa shape index (κ1) is 19.1. The van der Waals surface area contributed by atoms with Gasteiger partial charge in [-0.1, -0.05) is 48.5 Å². The highest BCUT2D eigenvalue weighted by molar-refractivity contribution is 7.99. The molecule has 8 heteroatoms. The van der Waals surface area contributed by atoms with E-state index < -0.39 is 0 Å². The molecule has 3 heterocycles. The van der Waals surface area contributed by atoms with Crippen LogP contribution in [0.3, 0.4) is 0 Å². The Kier molecular flexibility index (Phi) is 6.07. The summed E-state index contributed by atoms with van der Waals surface area (Å²) in [7, 11) is 0. The smallest absolute Gasteiger partial charge is 0.229 e. The molecule has 0 unspecified atom stereocenters. The summed E-state index contributed by atoms with van der Waals surface area (Å²) < 4.78 is 7.83. The molecule has 1 saturated heterocycles. The average Bonchev–Trinajstić information content (AvgIpc) is 3.31. The maximum Gasteiger partial charge on any atom is 0.229 e. The molecule has 0 radical (unpaired) electrons. The van der Waals surface area contributed by atoms with Crippen molar-refractivity contribution in [2.75, 3.05) is 13.1 Å². The van der Waals surface area contributed by atoms with Gasteiger partial charge < -0.3 is 8.98 Å². The average molecular weight is 399 g/mol. The zero-order chi connectivity index (χ0) is 19.3. The molecule has 0 aliphatic carbocycles. The Labute approximate surface area is 169 Å². The number of aryl methyl sites for hydroxylation is 1. The van der Waals surface area contributed by atoms with Crippen LogP contribution in [0.4, 0.5) is 0 Å². The summed E-state index contributed by atoms with van der Waals surface area (Å²) in [6.07, 6.45) is 3.86. The molecule has 0 spiro atoms. The van der Waals surface area contributed by atoms with Gasteiger partial charge in [0.15, 0.2) is 5.16 Å². The van der Waals surface area contributed by atoms with E-state index in [1.807, 2.05) is 13.0 Å². The molecule has 1 aliphatic heterocycles. The molecule has 28 heavy (non-hydrogen) atoms. The van der Waals surface area contributed by atoms with Crippen molar-refractivity contribution < 1.29 is 4.42 Å². The molecular weight excluding hydrogens is 372 g/mol. The number of rotatable bonds is 7. The molecule has 4 rings (SSSR count). The number of aromatic nitrogens is 5. The largest absolute Gasteiger partial charge is 0.424 e. The molecule has 2 aromatic heterocycles. The monoisotopic (exact) mass is 398 g/mol. The topological polar surface area (TPSA) is 72.9 Å². The summed E-state index contributed by atoms with van der Waals surface area (Å²) >= 11 is 1.61. The van der Waals surface area contributed by atoms with Gasteiger partial charge in [-0.2, -0.15) is 0 Å². The van der Waals surface area contributed by atoms with Gasteiger partial charge in [0.2, 0.25) is 11.8 Å². The van der Waals surface area contributed by atoms with Crippen molar-refractivity contribution in [2.24, 2.45) is 0 Å². The van der Waals surface area contributed by atoms with E-state index in [-0.39, 0.29) is 5.25 Å². The van der Waals surface area contributed by atoms with Crippen LogP contribution in [-0.4, -0.2) is 43.0 Å². The van der Waals surface area contributed by atoms with E-state index in [0.29, 0.717) is 11.8 Å². The summed E-state index contributed by atoms with van der Waals surface area (Å²) in [5.41, 5.74) is 1.24. The maximum atomic E-state index is 5.60. The molecule has 1 aliphatic rings. The molecule has 148 valence electrons. The van der Waals surface area contributed by atoms with E-state index >= 15 is 0 Å². The van der Waals surface area contributed by atoms with Crippen LogP contribution in [0, 0.1) is 6.92 Å². The van der Waals surface area contributed by atoms with Crippen LogP contribution in [0.1, 0.15) is 54.6 Å². The van der Waals surface area contributed by atoms with Crippen molar-refractivity contribution >= 4 is 11.8 Å². The molecule has 3 aromatic rings. The lowest BCUT2D eigenvalue weighted by Crippen LogP contribution is -2.30. The fourth-order valence-corrected chi connectivity index (χ4v) is 4.35. The summed E-state index contributed by atoms with van der Waals surface area (Å²) in [6.45, 7) is 7.74. The molecule has 0 amide bonds. The minimum atomic E-state index is 0.0164. The van der Waals surface area contributed by atoms with Gasteiger partial charge in [-0.15, -0.1) is 20.4 Å². The first-order valence-corrected chi connectivity index (χ1v) is 10.7. The predicted octanol–water partition coefficient (Wildman–Crippen LogP) is 3.86. The van der Waals surface area contributed by atoms with Crippen LogP contribution in [0.25, 0.3) is 0 Å². The van der Waals surface area contributed by atoms with Crippen molar-refractivity contribution in [2.45, 2.75) is 56.6 Å². The lowest BCUT2D eigenvalue weighted by atomic mass is 10.1. The standard InChI is InChI=1S/C20H26N6OS/c1-15(19-23-21-16(2)27-19)28-20-24-22-18(14-25-11-7-4-8-12-25)26(20)13-17-9-5-3-6-10-17/h3,5-6,9-10,15H,4,7-8,11-14H2,1-2H3/t15-/m0/s1. The number of thioether (sulfide) groups is 1. The summed E-state index contributed by atoms with van der Waals surface area (Å²) in [6, 6.07) is 10.5. The second kappa shape index (κ2) is 8.87. The Bertz CT molecular complexity index is 887. The number of hydrogen-bond donors (Lipinski definition) is 0. The highest BCUT2D eigenvalue weighted by atomic mass is 32.2. The molecule has 1 fully saturated rings. The zero-order valence-electron chi connectivity index (χ0n) is 16.4. The highest BCUT2D eigenvalue weighted by Crippen LogP contribution is 2.33. The lowest BCUT2D eigenvalue weighted by molar-refractivity contribution is 0.213. The third-order valence-electron chi connectivity index (χ3n) is 4.96. The van der Waals surface area contributed by atoms with E-state index in [0.717, 1.165) is 37.2 Å². The fourth-order valence-electron chi connectivity index (χ4n) is 3.45. The van der Waals surface area contributed by atoms with Gasteiger partial charge in [0.25, 0.3) is 0 Å². The van der Waals surface area contributed by atoms with Crippen LogP contribution >= 0.6 is 11.8 Å². The zero-order valence-corrected chi connectivity index (χ0v) is 17.2. The van der Waals surface area contributed by atoms with E-state index in [4.69, 9.17) is 4.42 Å². The third kappa shape index (κ3) is 4.62. The Morgan fingerprint density at radius 3 is 2.50 bits per heavy atom. The van der Waals surface area contributed by atoms with Gasteiger partial charge in [-0.05, 0) is 38.4 Å². The summed E-state index contributed by atoms with van der Waals surface area (Å²) in [5.74, 6) is 2.22. The number of nitrogens with zero attached hydrogens (tertiary/aromatic N) is 6. The Morgan fingerprint density at radius 1 is 1.00 bits per heavy atom. The minimum absolute atomic E-state index is 0.0164. The van der Waals surface area contributed by atoms with E-state index in [1.54, 1.807) is 11.8 Å². The molecular formula is C20H26N6OS. The second-order valence-electron chi connectivity index (χ2n) is 7.23. The first-order chi connectivity index (χ1) is 13.7. The Morgan fingerprint density at radius 2 is 1.79 bits per heavy atom. The van der Waals surface area contributed by atoms with Crippen LogP contribution in [0.5, 0.6) is 0 Å². The Hall–Kier alpha value is -2.19. The van der Waals surface area contributed by atoms with E-state index in [1.165, 1.54) is 24.8 Å². The number of benzene rings is 1. The number of piperidine rings is 1. The van der Waals surface area contributed by atoms with Gasteiger partial charge in [-0.3, -0.25) is 4.90 Å². The number of likely N-dealkylation sites (tertiary alicyclic amines) is 1. The molecule has 0 bridgehead atoms. The molecule has 7 nitrogen and oxygen atoms in total. The molecule has 0 saturated carbocycles. The molecule has 0 N–H and O–H groups in total. The molecule has 1 atom stereocenters. The molecule has 1 aromatic carbocycles. The summed E-state index contributed by atoms with van der Waals surface area (Å²) in [5, 5.41) is 18.1. The third-order valence-corrected chi connectivity index (χ3v) is 6.03. The quantitative estimate of drug-likeness (QED) is 0.560. The predicted molar refractivity (Wildman–Crippen MR) is 108 cm³/mol. The summed E-state index contributed by atoms with van der Waals surface area (Å²) in [4.78, 5) is 2.48. The van der Waals surface area contributed by atoms with Gasteiger partial charge in [-0.25, -0.2) is 0 Å². The Balaban J connectivity index is 1.57. The first-order valence-electron chi connectivity index (χ1n) is 9.84. The second-order valence-corrected chi connectivity index (χ2v) is 8.53. The SMILES string of the molecule is Cc1nnc([C@H](C)Sc2nnc(CN3CCCCC3)n2Cc2ccccc2)o1. The maximum absolute atomic E-state index is 5.60. The van der Waals surface area contributed by atoms with E-state index in [2.05, 4.69) is 61.1 Å². The van der Waals surface area contributed by atoms with Crippen LogP contribution < -0.4 is 0 Å². The fraction of sp³-hybridized carbons (Fsp3) is 0.500. The van der Waals surface area contributed by atoms with Crippen molar-refractivity contribution in [1.29, 1.82) is 0 Å². The van der Waals surface area contributed by atoms with Gasteiger partial charge >= 0.3 is 0 Å². The van der Waals surface area contributed by atoms with Crippen LogP contribution in [-0.2, 0) is 13.1 Å². The van der Waals surface area contributed by atoms with Crippen molar-refractivity contribution in [3.63, 3.8) is 0 Å². The van der Waals surface area contributed by atoms with Crippen molar-refractivity contribution in [3.8, 4) is 0 Å². The normalized spacial score (nSPS) is 16.4. The van der Waals surface area contributed by atoms with Gasteiger partial charge in [0, 0.05) is 6.92 Å². The van der Waals surface area contributed by atoms with Gasteiger partial charge in [0.05, 0.1) is 18.3 Å². The van der Waals surface area contributed by atoms with E-state index in [9.17, 15) is 0 Å². The van der Waals surface area contributed by atoms with Crippen molar-refractivity contribution in [3.05, 3.63) is 53.5 Å². The minimum Gasteiger partial charge on any atom is -0.424 e. The lowest BCUT2D eigenvalue weighted by Gasteiger charge is -2.26. The van der Waals surface area contributed by atoms with Crippen LogP contribution in [0.2, 0.25) is 0 Å². The van der Waals surface area contributed by atoms with Crippen LogP contribution in [0.15, 0.2) is 39.9 Å². The number of hydrogen-bond acceptors (Lipinski definition) is 7.